The van der Waals surface area contributed by atoms with Crippen LogP contribution in [-0.2, 0) is 27.9 Å². The molecular formula is C62H115N2O7P. The summed E-state index contributed by atoms with van der Waals surface area (Å²) in [4.78, 5) is 39.9. The quantitative estimate of drug-likeness (QED) is 0.0212. The minimum atomic E-state index is -4.71. The van der Waals surface area contributed by atoms with Crippen LogP contribution in [0.3, 0.4) is 0 Å². The first kappa shape index (κ1) is 69.7. The second-order valence-electron chi connectivity index (χ2n) is 21.5. The zero-order valence-electron chi connectivity index (χ0n) is 47.9. The number of likely N-dealkylation sites (N-methyl/N-ethyl adjacent to an activating group) is 1. The average Bonchev–Trinajstić information content (AvgIpc) is 3.34. The number of esters is 1. The molecule has 9 nitrogen and oxygen atoms in total. The highest BCUT2D eigenvalue weighted by molar-refractivity contribution is 7.45. The number of allylic oxidation sites excluding steroid dienone is 9. The first-order chi connectivity index (χ1) is 34.9. The van der Waals surface area contributed by atoms with E-state index in [0.29, 0.717) is 23.9 Å². The van der Waals surface area contributed by atoms with Crippen LogP contribution in [0.1, 0.15) is 271 Å². The highest BCUT2D eigenvalue weighted by atomic mass is 31.2. The summed E-state index contributed by atoms with van der Waals surface area (Å²) in [7, 11) is 1.16. The molecule has 0 heterocycles. The second-order valence-corrected chi connectivity index (χ2v) is 22.9. The van der Waals surface area contributed by atoms with E-state index in [4.69, 9.17) is 13.8 Å². The third-order valence-electron chi connectivity index (χ3n) is 13.2. The molecule has 0 aliphatic rings. The van der Waals surface area contributed by atoms with E-state index in [1.807, 2.05) is 33.3 Å². The zero-order chi connectivity index (χ0) is 52.9. The molecule has 0 aliphatic heterocycles. The van der Waals surface area contributed by atoms with Crippen LogP contribution in [0.15, 0.2) is 60.8 Å². The van der Waals surface area contributed by atoms with Gasteiger partial charge >= 0.3 is 5.97 Å². The smallest absolute Gasteiger partial charge is 0.306 e. The lowest BCUT2D eigenvalue weighted by atomic mass is 10.0. The largest absolute Gasteiger partial charge is 0.756 e. The van der Waals surface area contributed by atoms with Gasteiger partial charge in [0.05, 0.1) is 33.8 Å². The van der Waals surface area contributed by atoms with E-state index in [1.54, 1.807) is 0 Å². The predicted octanol–water partition coefficient (Wildman–Crippen LogP) is 17.6. The molecule has 0 aliphatic carbocycles. The SMILES string of the molecule is CCCCC/C=C\C/C=C\C/C=C\C/C=C\CCCC(=O)OC(/C=C/CCCCCCCCCCCCC)C(COP(=O)([O-])OCC[N+](C)(C)C)NC(=O)CCCCCCCCCCCCCCCCCC. The average molecular weight is 1030 g/mol. The fourth-order valence-corrected chi connectivity index (χ4v) is 9.24. The molecule has 0 bridgehead atoms. The molecule has 0 aromatic heterocycles. The van der Waals surface area contributed by atoms with Gasteiger partial charge in [-0.15, -0.1) is 0 Å². The number of rotatable bonds is 54. The number of ether oxygens (including phenoxy) is 1. The summed E-state index contributed by atoms with van der Waals surface area (Å²) < 4.78 is 30.2. The molecule has 72 heavy (non-hydrogen) atoms. The van der Waals surface area contributed by atoms with Gasteiger partial charge in [-0.05, 0) is 70.3 Å². The Morgan fingerprint density at radius 1 is 0.486 bits per heavy atom. The van der Waals surface area contributed by atoms with Gasteiger partial charge < -0.3 is 28.5 Å². The van der Waals surface area contributed by atoms with Gasteiger partial charge in [0.1, 0.15) is 19.3 Å². The van der Waals surface area contributed by atoms with E-state index in [-0.39, 0.29) is 18.9 Å². The minimum absolute atomic E-state index is 0.0305. The van der Waals surface area contributed by atoms with Crippen molar-refractivity contribution >= 4 is 19.7 Å². The summed E-state index contributed by atoms with van der Waals surface area (Å²) in [6.07, 6.45) is 64.7. The Labute approximate surface area is 445 Å². The molecule has 1 N–H and O–H groups in total. The second kappa shape index (κ2) is 52.2. The van der Waals surface area contributed by atoms with Crippen molar-refractivity contribution in [1.29, 1.82) is 0 Å². The number of nitrogens with one attached hydrogen (secondary N) is 1. The molecule has 0 fully saturated rings. The van der Waals surface area contributed by atoms with Crippen molar-refractivity contribution in [2.75, 3.05) is 40.9 Å². The van der Waals surface area contributed by atoms with E-state index in [1.165, 1.54) is 167 Å². The lowest BCUT2D eigenvalue weighted by Crippen LogP contribution is -2.47. The van der Waals surface area contributed by atoms with E-state index >= 15 is 0 Å². The number of hydrogen-bond acceptors (Lipinski definition) is 7. The van der Waals surface area contributed by atoms with Gasteiger partial charge in [-0.25, -0.2) is 0 Å². The number of unbranched alkanes of at least 4 members (excludes halogenated alkanes) is 30. The van der Waals surface area contributed by atoms with Crippen molar-refractivity contribution in [2.24, 2.45) is 0 Å². The van der Waals surface area contributed by atoms with Crippen molar-refractivity contribution in [3.63, 3.8) is 0 Å². The molecule has 0 radical (unpaired) electrons. The Bertz CT molecular complexity index is 1420. The molecule has 0 aromatic carbocycles. The topological polar surface area (TPSA) is 114 Å². The molecule has 0 rings (SSSR count). The normalized spacial score (nSPS) is 14.2. The third kappa shape index (κ3) is 52.6. The monoisotopic (exact) mass is 1030 g/mol. The molecule has 10 heteroatoms. The minimum Gasteiger partial charge on any atom is -0.756 e. The molecule has 0 saturated heterocycles. The van der Waals surface area contributed by atoms with E-state index in [9.17, 15) is 19.0 Å². The van der Waals surface area contributed by atoms with Crippen LogP contribution in [-0.4, -0.2) is 69.4 Å². The van der Waals surface area contributed by atoms with Crippen LogP contribution in [0.2, 0.25) is 0 Å². The van der Waals surface area contributed by atoms with Gasteiger partial charge in [0.15, 0.2) is 0 Å². The molecule has 3 unspecified atom stereocenters. The maximum atomic E-state index is 13.5. The Hall–Kier alpha value is -2.29. The first-order valence-electron chi connectivity index (χ1n) is 30.1. The summed E-state index contributed by atoms with van der Waals surface area (Å²) in [5.74, 6) is -0.599. The Kier molecular flexibility index (Phi) is 50.5. The first-order valence-corrected chi connectivity index (χ1v) is 31.6. The number of carbonyl (C=O) groups excluding carboxylic acids is 2. The van der Waals surface area contributed by atoms with Crippen LogP contribution in [0.5, 0.6) is 0 Å². The summed E-state index contributed by atoms with van der Waals surface area (Å²) in [5.41, 5.74) is 0. The van der Waals surface area contributed by atoms with E-state index in [2.05, 4.69) is 74.7 Å². The fraction of sp³-hybridized carbons (Fsp3) is 0.806. The Morgan fingerprint density at radius 3 is 1.32 bits per heavy atom. The molecule has 0 saturated carbocycles. The number of phosphoric ester groups is 1. The molecular weight excluding hydrogens is 916 g/mol. The number of amides is 1. The maximum Gasteiger partial charge on any atom is 0.306 e. The van der Waals surface area contributed by atoms with Gasteiger partial charge in [0, 0.05) is 12.8 Å². The number of hydrogen-bond donors (Lipinski definition) is 1. The molecule has 3 atom stereocenters. The maximum absolute atomic E-state index is 13.5. The number of carbonyl (C=O) groups is 2. The van der Waals surface area contributed by atoms with Gasteiger partial charge in [0.25, 0.3) is 7.82 Å². The van der Waals surface area contributed by atoms with E-state index in [0.717, 1.165) is 64.2 Å². The van der Waals surface area contributed by atoms with Crippen LogP contribution in [0.25, 0.3) is 0 Å². The fourth-order valence-electron chi connectivity index (χ4n) is 8.51. The van der Waals surface area contributed by atoms with Gasteiger partial charge in [0.2, 0.25) is 5.91 Å². The number of nitrogens with zero attached hydrogens (tertiary/aromatic N) is 1. The molecule has 1 amide bonds. The van der Waals surface area contributed by atoms with Crippen LogP contribution >= 0.6 is 7.82 Å². The molecule has 0 spiro atoms. The third-order valence-corrected chi connectivity index (χ3v) is 14.2. The summed E-state index contributed by atoms with van der Waals surface area (Å²) >= 11 is 0. The van der Waals surface area contributed by atoms with Crippen molar-refractivity contribution in [3.8, 4) is 0 Å². The molecule has 0 aromatic rings. The zero-order valence-corrected chi connectivity index (χ0v) is 48.8. The highest BCUT2D eigenvalue weighted by Crippen LogP contribution is 2.38. The Morgan fingerprint density at radius 2 is 0.861 bits per heavy atom. The highest BCUT2D eigenvalue weighted by Gasteiger charge is 2.27. The summed E-state index contributed by atoms with van der Waals surface area (Å²) in [5, 5.41) is 3.01. The number of phosphoric acid groups is 1. The van der Waals surface area contributed by atoms with Gasteiger partial charge in [-0.3, -0.25) is 14.2 Å². The Balaban J connectivity index is 5.41. The van der Waals surface area contributed by atoms with E-state index < -0.39 is 32.5 Å². The summed E-state index contributed by atoms with van der Waals surface area (Å²) in [6.45, 7) is 6.80. The van der Waals surface area contributed by atoms with Crippen LogP contribution in [0.4, 0.5) is 0 Å². The van der Waals surface area contributed by atoms with Crippen LogP contribution < -0.4 is 10.2 Å². The lowest BCUT2D eigenvalue weighted by molar-refractivity contribution is -0.870. The van der Waals surface area contributed by atoms with Gasteiger partial charge in [-0.1, -0.05) is 249 Å². The van der Waals surface area contributed by atoms with Crippen molar-refractivity contribution < 1.29 is 37.3 Å². The predicted molar refractivity (Wildman–Crippen MR) is 307 cm³/mol. The van der Waals surface area contributed by atoms with Crippen molar-refractivity contribution in [2.45, 2.75) is 283 Å². The van der Waals surface area contributed by atoms with Gasteiger partial charge in [-0.2, -0.15) is 0 Å². The standard InChI is InChI=1S/C62H115N2O7P/c1-7-10-13-16-19-22-25-28-30-32-34-37-40-43-46-49-52-55-62(66)71-60(53-50-47-44-41-38-35-27-24-21-18-15-12-9-3)59(58-70-72(67,68)69-57-56-64(4,5)6)63-61(65)54-51-48-45-42-39-36-33-31-29-26-23-20-17-14-11-8-2/h19,22,28,30,34,37,43,46,50,53,59-60H,7-18,20-21,23-27,29,31-33,35-36,38-42,44-45,47-49,51-52,54-58H2,1-6H3,(H-,63,65,67,68)/b22-19-,30-28-,37-34-,46-43-,53-50+. The molecule has 420 valence electrons. The number of quaternary nitrogens is 1. The lowest BCUT2D eigenvalue weighted by Gasteiger charge is -2.30. The summed E-state index contributed by atoms with van der Waals surface area (Å²) in [6, 6.07) is -0.908. The van der Waals surface area contributed by atoms with Crippen LogP contribution in [0, 0.1) is 0 Å². The van der Waals surface area contributed by atoms with Crippen molar-refractivity contribution in [3.05, 3.63) is 60.8 Å². The van der Waals surface area contributed by atoms with Crippen molar-refractivity contribution in [1.82, 2.24) is 5.32 Å².